The smallest absolute Gasteiger partial charge is 0.299 e. The van der Waals surface area contributed by atoms with E-state index < -0.39 is 11.7 Å². The fourth-order valence-corrected chi connectivity index (χ4v) is 3.98. The van der Waals surface area contributed by atoms with Crippen molar-refractivity contribution in [3.63, 3.8) is 0 Å². The van der Waals surface area contributed by atoms with Gasteiger partial charge < -0.3 is 0 Å². The molecule has 0 aromatic heterocycles. The third-order valence-electron chi connectivity index (χ3n) is 5.56. The van der Waals surface area contributed by atoms with Crippen LogP contribution in [0.4, 0.5) is 13.2 Å². The molecule has 2 fully saturated rings. The first-order chi connectivity index (χ1) is 10.4. The van der Waals surface area contributed by atoms with Crippen molar-refractivity contribution >= 4 is 0 Å². The Balaban J connectivity index is 1.69. The summed E-state index contributed by atoms with van der Waals surface area (Å²) < 4.78 is 38.0. The maximum atomic E-state index is 12.7. The number of hydrogen-bond donors (Lipinski definition) is 0. The van der Waals surface area contributed by atoms with Gasteiger partial charge in [-0.05, 0) is 43.4 Å². The third-order valence-corrected chi connectivity index (χ3v) is 5.56. The van der Waals surface area contributed by atoms with Gasteiger partial charge in [-0.2, -0.15) is 13.2 Å². The van der Waals surface area contributed by atoms with E-state index in [1.165, 1.54) is 31.4 Å². The molecule has 1 nitrogen and oxygen atoms in total. The highest BCUT2D eigenvalue weighted by atomic mass is 19.4. The molecule has 22 heavy (non-hydrogen) atoms. The van der Waals surface area contributed by atoms with Crippen molar-refractivity contribution in [1.82, 2.24) is 4.90 Å². The summed E-state index contributed by atoms with van der Waals surface area (Å²) in [5.41, 5.74) is 0.677. The molecular weight excluding hydrogens is 287 g/mol. The molecule has 1 aromatic rings. The van der Waals surface area contributed by atoms with Crippen LogP contribution in [-0.4, -0.2) is 24.0 Å². The highest BCUT2D eigenvalue weighted by Crippen LogP contribution is 2.59. The highest BCUT2D eigenvalue weighted by molar-refractivity contribution is 5.39. The zero-order valence-electron chi connectivity index (χ0n) is 13.3. The predicted molar refractivity (Wildman–Crippen MR) is 81.8 cm³/mol. The summed E-state index contributed by atoms with van der Waals surface area (Å²) >= 11 is 0. The lowest BCUT2D eigenvalue weighted by Gasteiger charge is -2.27. The van der Waals surface area contributed by atoms with Crippen LogP contribution in [0.1, 0.15) is 50.7 Å². The second-order valence-corrected chi connectivity index (χ2v) is 7.05. The van der Waals surface area contributed by atoms with Crippen LogP contribution in [0.15, 0.2) is 24.3 Å². The Morgan fingerprint density at radius 2 is 1.95 bits per heavy atom. The van der Waals surface area contributed by atoms with Crippen molar-refractivity contribution in [2.75, 3.05) is 13.1 Å². The lowest BCUT2D eigenvalue weighted by molar-refractivity contribution is -0.137. The van der Waals surface area contributed by atoms with Crippen molar-refractivity contribution in [1.29, 1.82) is 0 Å². The van der Waals surface area contributed by atoms with Gasteiger partial charge in [0.05, 0.1) is 5.56 Å². The van der Waals surface area contributed by atoms with Gasteiger partial charge >= 0.3 is 6.18 Å². The summed E-state index contributed by atoms with van der Waals surface area (Å²) in [6, 6.07) is 6.45. The van der Waals surface area contributed by atoms with Gasteiger partial charge in [-0.3, -0.25) is 4.90 Å². The van der Waals surface area contributed by atoms with Crippen LogP contribution in [0.5, 0.6) is 0 Å². The van der Waals surface area contributed by atoms with Gasteiger partial charge in [-0.15, -0.1) is 0 Å². The second-order valence-electron chi connectivity index (χ2n) is 7.05. The number of nitrogens with zero attached hydrogens (tertiary/aromatic N) is 1. The molecule has 0 spiro atoms. The molecule has 2 aliphatic rings. The van der Waals surface area contributed by atoms with Gasteiger partial charge in [0, 0.05) is 24.5 Å². The van der Waals surface area contributed by atoms with E-state index in [-0.39, 0.29) is 5.41 Å². The zero-order chi connectivity index (χ0) is 16.0. The van der Waals surface area contributed by atoms with E-state index in [2.05, 4.69) is 18.7 Å². The highest BCUT2D eigenvalue weighted by Gasteiger charge is 2.61. The Labute approximate surface area is 130 Å². The fourth-order valence-electron chi connectivity index (χ4n) is 3.98. The molecule has 4 heteroatoms. The first-order valence-corrected chi connectivity index (χ1v) is 8.28. The first-order valence-electron chi connectivity index (χ1n) is 8.28. The standard InChI is InChI=1S/C18H24F3N/c1-3-4-5-13(2)22-11-16-10-17(16,12-22)14-6-8-15(9-7-14)18(19,20)21/h6-9,13,16H,3-5,10-12H2,1-2H3. The molecule has 122 valence electrons. The summed E-state index contributed by atoms with van der Waals surface area (Å²) in [5, 5.41) is 0. The number of likely N-dealkylation sites (tertiary alicyclic amines) is 1. The molecule has 0 radical (unpaired) electrons. The maximum absolute atomic E-state index is 12.7. The Kier molecular flexibility index (Phi) is 4.00. The topological polar surface area (TPSA) is 3.24 Å². The molecule has 1 saturated heterocycles. The minimum atomic E-state index is -4.24. The zero-order valence-corrected chi connectivity index (χ0v) is 13.3. The van der Waals surface area contributed by atoms with E-state index >= 15 is 0 Å². The summed E-state index contributed by atoms with van der Waals surface area (Å²) in [6.45, 7) is 6.60. The molecule has 0 bridgehead atoms. The second kappa shape index (κ2) is 5.55. The van der Waals surface area contributed by atoms with E-state index in [9.17, 15) is 13.2 Å². The monoisotopic (exact) mass is 311 g/mol. The number of hydrogen-bond acceptors (Lipinski definition) is 1. The van der Waals surface area contributed by atoms with E-state index in [0.717, 1.165) is 25.1 Å². The number of alkyl halides is 3. The molecule has 1 aliphatic heterocycles. The summed E-state index contributed by atoms with van der Waals surface area (Å²) in [4.78, 5) is 2.53. The Hall–Kier alpha value is -1.03. The largest absolute Gasteiger partial charge is 0.416 e. The summed E-state index contributed by atoms with van der Waals surface area (Å²) in [5.74, 6) is 0.633. The SMILES string of the molecule is CCCCC(C)N1CC2CC2(c2ccc(C(F)(F)F)cc2)C1. The van der Waals surface area contributed by atoms with Crippen LogP contribution < -0.4 is 0 Å². The number of unbranched alkanes of at least 4 members (excludes halogenated alkanes) is 1. The van der Waals surface area contributed by atoms with E-state index in [1.807, 2.05) is 0 Å². The van der Waals surface area contributed by atoms with Gasteiger partial charge in [0.15, 0.2) is 0 Å². The number of fused-ring (bicyclic) bond motifs is 1. The molecule has 3 atom stereocenters. The average Bonchev–Trinajstić information content (AvgIpc) is 3.06. The number of benzene rings is 1. The summed E-state index contributed by atoms with van der Waals surface area (Å²) in [6.07, 6.45) is 0.568. The van der Waals surface area contributed by atoms with Crippen molar-refractivity contribution < 1.29 is 13.2 Å². The van der Waals surface area contributed by atoms with Crippen LogP contribution in [0.3, 0.4) is 0 Å². The van der Waals surface area contributed by atoms with E-state index in [1.54, 1.807) is 12.1 Å². The molecule has 1 heterocycles. The number of piperidine rings is 1. The molecular formula is C18H24F3N. The lowest BCUT2D eigenvalue weighted by Crippen LogP contribution is -2.34. The Bertz CT molecular complexity index is 522. The first kappa shape index (κ1) is 15.9. The molecule has 1 saturated carbocycles. The fraction of sp³-hybridized carbons (Fsp3) is 0.667. The third kappa shape index (κ3) is 2.78. The van der Waals surface area contributed by atoms with Crippen LogP contribution >= 0.6 is 0 Å². The van der Waals surface area contributed by atoms with Gasteiger partial charge in [-0.25, -0.2) is 0 Å². The van der Waals surface area contributed by atoms with Crippen LogP contribution in [-0.2, 0) is 11.6 Å². The molecule has 1 aliphatic carbocycles. The molecule has 0 amide bonds. The van der Waals surface area contributed by atoms with Crippen LogP contribution in [0.2, 0.25) is 0 Å². The summed E-state index contributed by atoms with van der Waals surface area (Å²) in [7, 11) is 0. The lowest BCUT2D eigenvalue weighted by atomic mass is 9.94. The van der Waals surface area contributed by atoms with Crippen molar-refractivity contribution in [3.05, 3.63) is 35.4 Å². The quantitative estimate of drug-likeness (QED) is 0.751. The van der Waals surface area contributed by atoms with Crippen molar-refractivity contribution in [3.8, 4) is 0 Å². The average molecular weight is 311 g/mol. The number of halogens is 3. The minimum Gasteiger partial charge on any atom is -0.299 e. The number of rotatable bonds is 5. The van der Waals surface area contributed by atoms with Gasteiger partial charge in [0.25, 0.3) is 0 Å². The molecule has 3 unspecified atom stereocenters. The molecule has 1 aromatic carbocycles. The minimum absolute atomic E-state index is 0.130. The van der Waals surface area contributed by atoms with E-state index in [0.29, 0.717) is 12.0 Å². The van der Waals surface area contributed by atoms with Gasteiger partial charge in [0.2, 0.25) is 0 Å². The van der Waals surface area contributed by atoms with Crippen molar-refractivity contribution in [2.45, 2.75) is 57.2 Å². The molecule has 0 N–H and O–H groups in total. The Morgan fingerprint density at radius 1 is 1.27 bits per heavy atom. The van der Waals surface area contributed by atoms with Crippen LogP contribution in [0, 0.1) is 5.92 Å². The van der Waals surface area contributed by atoms with Crippen LogP contribution in [0.25, 0.3) is 0 Å². The predicted octanol–water partition coefficient (Wildman–Crippen LogP) is 4.86. The maximum Gasteiger partial charge on any atom is 0.416 e. The van der Waals surface area contributed by atoms with Gasteiger partial charge in [-0.1, -0.05) is 31.9 Å². The van der Waals surface area contributed by atoms with Gasteiger partial charge in [0.1, 0.15) is 0 Å². The Morgan fingerprint density at radius 3 is 2.55 bits per heavy atom. The normalized spacial score (nSPS) is 29.4. The van der Waals surface area contributed by atoms with E-state index in [4.69, 9.17) is 0 Å². The van der Waals surface area contributed by atoms with Crippen molar-refractivity contribution in [2.24, 2.45) is 5.92 Å². The molecule has 3 rings (SSSR count).